The summed E-state index contributed by atoms with van der Waals surface area (Å²) in [4.78, 5) is 11.1. The van der Waals surface area contributed by atoms with Crippen molar-refractivity contribution in [3.05, 3.63) is 29.3 Å². The second kappa shape index (κ2) is 2.62. The van der Waals surface area contributed by atoms with Crippen molar-refractivity contribution in [3.8, 4) is 0 Å². The van der Waals surface area contributed by atoms with Gasteiger partial charge in [0.05, 0.1) is 11.3 Å². The number of rotatable bonds is 1. The van der Waals surface area contributed by atoms with Gasteiger partial charge in [-0.15, -0.1) is 0 Å². The Hall–Kier alpha value is -1.45. The topological polar surface area (TPSA) is 29.1 Å². The van der Waals surface area contributed by atoms with Gasteiger partial charge in [0.1, 0.15) is 0 Å². The van der Waals surface area contributed by atoms with E-state index < -0.39 is 11.8 Å². The SMILES string of the molecule is CC1(c2ccc3c(c2)C(F)(F)C(=O)N3)CC1. The van der Waals surface area contributed by atoms with Gasteiger partial charge >= 0.3 is 5.92 Å². The Kier molecular flexibility index (Phi) is 1.60. The summed E-state index contributed by atoms with van der Waals surface area (Å²) >= 11 is 0. The second-order valence-corrected chi connectivity index (χ2v) is 4.85. The van der Waals surface area contributed by atoms with Crippen LogP contribution < -0.4 is 5.32 Å². The summed E-state index contributed by atoms with van der Waals surface area (Å²) in [7, 11) is 0. The molecule has 1 heterocycles. The van der Waals surface area contributed by atoms with E-state index in [0.29, 0.717) is 0 Å². The van der Waals surface area contributed by atoms with Gasteiger partial charge in [0.25, 0.3) is 5.91 Å². The van der Waals surface area contributed by atoms with Crippen LogP contribution in [0.25, 0.3) is 0 Å². The van der Waals surface area contributed by atoms with Crippen LogP contribution in [-0.2, 0) is 16.1 Å². The number of anilines is 1. The highest BCUT2D eigenvalue weighted by molar-refractivity contribution is 6.03. The smallest absolute Gasteiger partial charge is 0.320 e. The fraction of sp³-hybridized carbons (Fsp3) is 0.417. The summed E-state index contributed by atoms with van der Waals surface area (Å²) in [6, 6.07) is 4.88. The lowest BCUT2D eigenvalue weighted by Crippen LogP contribution is -2.23. The van der Waals surface area contributed by atoms with Gasteiger partial charge in [0.2, 0.25) is 0 Å². The molecule has 1 saturated carbocycles. The first-order valence-corrected chi connectivity index (χ1v) is 5.28. The quantitative estimate of drug-likeness (QED) is 0.779. The van der Waals surface area contributed by atoms with Crippen molar-refractivity contribution < 1.29 is 13.6 Å². The molecule has 0 aromatic heterocycles. The Balaban J connectivity index is 2.13. The van der Waals surface area contributed by atoms with Crippen molar-refractivity contribution in [1.82, 2.24) is 0 Å². The third kappa shape index (κ3) is 1.13. The van der Waals surface area contributed by atoms with E-state index in [4.69, 9.17) is 0 Å². The highest BCUT2D eigenvalue weighted by Crippen LogP contribution is 2.50. The predicted octanol–water partition coefficient (Wildman–Crippen LogP) is 2.78. The molecule has 2 aliphatic rings. The number of hydrogen-bond donors (Lipinski definition) is 1. The van der Waals surface area contributed by atoms with Gasteiger partial charge in [-0.1, -0.05) is 13.0 Å². The summed E-state index contributed by atoms with van der Waals surface area (Å²) in [6.07, 6.45) is 2.05. The summed E-state index contributed by atoms with van der Waals surface area (Å²) in [5.74, 6) is -4.60. The lowest BCUT2D eigenvalue weighted by Gasteiger charge is -2.12. The number of carbonyl (C=O) groups excluding carboxylic acids is 1. The molecule has 0 spiro atoms. The minimum atomic E-state index is -3.38. The van der Waals surface area contributed by atoms with E-state index in [1.807, 2.05) is 6.07 Å². The van der Waals surface area contributed by atoms with Crippen LogP contribution in [0.2, 0.25) is 0 Å². The molecule has 1 fully saturated rings. The lowest BCUT2D eigenvalue weighted by molar-refractivity contribution is -0.139. The van der Waals surface area contributed by atoms with Gasteiger partial charge in [0, 0.05) is 0 Å². The molecule has 1 aromatic rings. The van der Waals surface area contributed by atoms with Gasteiger partial charge in [-0.3, -0.25) is 4.79 Å². The van der Waals surface area contributed by atoms with E-state index in [-0.39, 0.29) is 16.7 Å². The van der Waals surface area contributed by atoms with Crippen LogP contribution in [0.1, 0.15) is 30.9 Å². The number of amides is 1. The Labute approximate surface area is 91.7 Å². The maximum Gasteiger partial charge on any atom is 0.352 e. The Morgan fingerprint density at radius 1 is 1.31 bits per heavy atom. The first-order chi connectivity index (χ1) is 7.43. The van der Waals surface area contributed by atoms with E-state index in [2.05, 4.69) is 12.2 Å². The van der Waals surface area contributed by atoms with Crippen molar-refractivity contribution in [2.45, 2.75) is 31.1 Å². The van der Waals surface area contributed by atoms with E-state index in [1.165, 1.54) is 6.07 Å². The van der Waals surface area contributed by atoms with Crippen LogP contribution >= 0.6 is 0 Å². The van der Waals surface area contributed by atoms with Crippen LogP contribution in [0.4, 0.5) is 14.5 Å². The zero-order valence-corrected chi connectivity index (χ0v) is 8.81. The van der Waals surface area contributed by atoms with Crippen molar-refractivity contribution in [2.24, 2.45) is 0 Å². The zero-order chi connectivity index (χ0) is 11.6. The number of fused-ring (bicyclic) bond motifs is 1. The van der Waals surface area contributed by atoms with Crippen molar-refractivity contribution >= 4 is 11.6 Å². The lowest BCUT2D eigenvalue weighted by atomic mass is 9.95. The molecule has 0 atom stereocenters. The maximum atomic E-state index is 13.5. The van der Waals surface area contributed by atoms with Gasteiger partial charge in [-0.2, -0.15) is 8.78 Å². The van der Waals surface area contributed by atoms with Crippen LogP contribution in [-0.4, -0.2) is 5.91 Å². The minimum Gasteiger partial charge on any atom is -0.320 e. The number of hydrogen-bond acceptors (Lipinski definition) is 1. The van der Waals surface area contributed by atoms with E-state index in [9.17, 15) is 13.6 Å². The van der Waals surface area contributed by atoms with Crippen molar-refractivity contribution in [2.75, 3.05) is 5.32 Å². The Morgan fingerprint density at radius 3 is 2.62 bits per heavy atom. The zero-order valence-electron chi connectivity index (χ0n) is 8.81. The first-order valence-electron chi connectivity index (χ1n) is 5.28. The largest absolute Gasteiger partial charge is 0.352 e. The van der Waals surface area contributed by atoms with Gasteiger partial charge < -0.3 is 5.32 Å². The average Bonchev–Trinajstić information content (AvgIpc) is 2.92. The van der Waals surface area contributed by atoms with Crippen LogP contribution in [0.3, 0.4) is 0 Å². The molecule has 0 saturated heterocycles. The van der Waals surface area contributed by atoms with E-state index >= 15 is 0 Å². The van der Waals surface area contributed by atoms with E-state index in [0.717, 1.165) is 18.4 Å². The molecule has 1 amide bonds. The molecule has 0 bridgehead atoms. The molecular weight excluding hydrogens is 212 g/mol. The fourth-order valence-corrected chi connectivity index (χ4v) is 2.09. The minimum absolute atomic E-state index is 0.0384. The summed E-state index contributed by atoms with van der Waals surface area (Å²) < 4.78 is 27.0. The third-order valence-electron chi connectivity index (χ3n) is 3.59. The number of halogens is 2. The number of alkyl halides is 2. The molecule has 1 aromatic carbocycles. The van der Waals surface area contributed by atoms with Gasteiger partial charge in [-0.05, 0) is 36.0 Å². The molecule has 2 nitrogen and oxygen atoms in total. The van der Waals surface area contributed by atoms with Crippen molar-refractivity contribution in [1.29, 1.82) is 0 Å². The van der Waals surface area contributed by atoms with Gasteiger partial charge in [-0.25, -0.2) is 0 Å². The molecule has 4 heteroatoms. The average molecular weight is 223 g/mol. The fourth-order valence-electron chi connectivity index (χ4n) is 2.09. The highest BCUT2D eigenvalue weighted by atomic mass is 19.3. The summed E-state index contributed by atoms with van der Waals surface area (Å²) in [5.41, 5.74) is 1.00. The van der Waals surface area contributed by atoms with Crippen LogP contribution in [0.5, 0.6) is 0 Å². The summed E-state index contributed by atoms with van der Waals surface area (Å²) in [5, 5.41) is 2.20. The molecule has 3 rings (SSSR count). The molecule has 1 aliphatic carbocycles. The monoisotopic (exact) mass is 223 g/mol. The number of benzene rings is 1. The molecule has 0 unspecified atom stereocenters. The molecule has 84 valence electrons. The molecule has 1 N–H and O–H groups in total. The second-order valence-electron chi connectivity index (χ2n) is 4.85. The maximum absolute atomic E-state index is 13.5. The van der Waals surface area contributed by atoms with Gasteiger partial charge in [0.15, 0.2) is 0 Å². The summed E-state index contributed by atoms with van der Waals surface area (Å²) in [6.45, 7) is 2.05. The van der Waals surface area contributed by atoms with Crippen molar-refractivity contribution in [3.63, 3.8) is 0 Å². The predicted molar refractivity (Wildman–Crippen MR) is 55.6 cm³/mol. The molecule has 0 radical (unpaired) electrons. The standard InChI is InChI=1S/C12H11F2NO/c1-11(4-5-11)7-2-3-9-8(6-7)12(13,14)10(16)15-9/h2-3,6H,4-5H2,1H3,(H,15,16). The Bertz CT molecular complexity index is 492. The normalized spacial score (nSPS) is 23.8. The molecule has 16 heavy (non-hydrogen) atoms. The number of carbonyl (C=O) groups is 1. The van der Waals surface area contributed by atoms with Crippen LogP contribution in [0.15, 0.2) is 18.2 Å². The first kappa shape index (κ1) is 9.75. The number of nitrogens with one attached hydrogen (secondary N) is 1. The Morgan fingerprint density at radius 2 is 2.00 bits per heavy atom. The molecular formula is C12H11F2NO. The third-order valence-corrected chi connectivity index (χ3v) is 3.59. The van der Waals surface area contributed by atoms with E-state index in [1.54, 1.807) is 6.07 Å². The highest BCUT2D eigenvalue weighted by Gasteiger charge is 2.49. The molecule has 1 aliphatic heterocycles. The van der Waals surface area contributed by atoms with Crippen LogP contribution in [0, 0.1) is 0 Å².